The summed E-state index contributed by atoms with van der Waals surface area (Å²) in [5, 5.41) is 5.51. The van der Waals surface area contributed by atoms with E-state index in [0.29, 0.717) is 0 Å². The number of halogens is 1. The molecule has 1 aromatic carbocycles. The minimum Gasteiger partial charge on any atom is -0.330 e. The maximum atomic E-state index is 13.6. The molecular formula is C18H21FN4O. The number of hydrogen-bond acceptors (Lipinski definition) is 3. The topological polar surface area (TPSA) is 57.3 Å². The lowest BCUT2D eigenvalue weighted by molar-refractivity contribution is 0.240. The van der Waals surface area contributed by atoms with Crippen LogP contribution in [-0.2, 0) is 0 Å². The molecule has 0 aliphatic carbocycles. The molecule has 5 nitrogen and oxygen atoms in total. The Morgan fingerprint density at radius 2 is 1.96 bits per heavy atom. The summed E-state index contributed by atoms with van der Waals surface area (Å²) in [5.74, 6) is -0.552. The van der Waals surface area contributed by atoms with Crippen molar-refractivity contribution in [3.63, 3.8) is 0 Å². The summed E-state index contributed by atoms with van der Waals surface area (Å²) in [6.07, 6.45) is 4.90. The monoisotopic (exact) mass is 328 g/mol. The number of nitrogens with one attached hydrogen (secondary N) is 2. The molecule has 0 saturated carbocycles. The summed E-state index contributed by atoms with van der Waals surface area (Å²) >= 11 is 0. The Labute approximate surface area is 140 Å². The van der Waals surface area contributed by atoms with Crippen molar-refractivity contribution in [2.24, 2.45) is 0 Å². The van der Waals surface area contributed by atoms with Gasteiger partial charge in [-0.05, 0) is 37.6 Å². The standard InChI is InChI=1S/C18H21FN4O/c19-15-12-20-9-8-16(15)21-18(24)22-17(13-23-10-4-5-11-23)14-6-2-1-3-7-14/h1-3,6-9,12,17H,4-5,10-11,13H2,(H2,20,21,22,24)/t17-/m1/s1. The number of nitrogens with zero attached hydrogens (tertiary/aromatic N) is 2. The number of carbonyl (C=O) groups excluding carboxylic acids is 1. The molecule has 1 aliphatic rings. The molecule has 2 amide bonds. The van der Waals surface area contributed by atoms with Crippen LogP contribution in [0.15, 0.2) is 48.8 Å². The molecule has 0 bridgehead atoms. The molecule has 1 saturated heterocycles. The Hall–Kier alpha value is -2.47. The first-order chi connectivity index (χ1) is 11.7. The van der Waals surface area contributed by atoms with Crippen LogP contribution in [0.4, 0.5) is 14.9 Å². The van der Waals surface area contributed by atoms with Crippen molar-refractivity contribution in [3.8, 4) is 0 Å². The number of rotatable bonds is 5. The van der Waals surface area contributed by atoms with Crippen LogP contribution in [0.25, 0.3) is 0 Å². The molecule has 2 aromatic rings. The van der Waals surface area contributed by atoms with Gasteiger partial charge in [0.2, 0.25) is 0 Å². The third-order valence-corrected chi connectivity index (χ3v) is 4.17. The molecule has 1 fully saturated rings. The van der Waals surface area contributed by atoms with Crippen molar-refractivity contribution in [2.45, 2.75) is 18.9 Å². The molecule has 2 heterocycles. The summed E-state index contributed by atoms with van der Waals surface area (Å²) in [7, 11) is 0. The number of likely N-dealkylation sites (tertiary alicyclic amines) is 1. The van der Waals surface area contributed by atoms with E-state index in [1.54, 1.807) is 0 Å². The maximum absolute atomic E-state index is 13.6. The molecule has 2 N–H and O–H groups in total. The van der Waals surface area contributed by atoms with Crippen molar-refractivity contribution >= 4 is 11.7 Å². The van der Waals surface area contributed by atoms with Crippen molar-refractivity contribution in [2.75, 3.05) is 25.0 Å². The van der Waals surface area contributed by atoms with Gasteiger partial charge in [-0.1, -0.05) is 30.3 Å². The summed E-state index contributed by atoms with van der Waals surface area (Å²) in [4.78, 5) is 18.3. The summed E-state index contributed by atoms with van der Waals surface area (Å²) in [6, 6.07) is 10.7. The summed E-state index contributed by atoms with van der Waals surface area (Å²) < 4.78 is 13.6. The molecule has 6 heteroatoms. The normalized spacial score (nSPS) is 15.9. The lowest BCUT2D eigenvalue weighted by atomic mass is 10.1. The highest BCUT2D eigenvalue weighted by Crippen LogP contribution is 2.18. The lowest BCUT2D eigenvalue weighted by Gasteiger charge is -2.25. The van der Waals surface area contributed by atoms with E-state index in [4.69, 9.17) is 0 Å². The van der Waals surface area contributed by atoms with Gasteiger partial charge in [0.1, 0.15) is 0 Å². The first-order valence-electron chi connectivity index (χ1n) is 8.17. The Bertz CT molecular complexity index is 674. The predicted octanol–water partition coefficient (Wildman–Crippen LogP) is 3.18. The molecular weight excluding hydrogens is 307 g/mol. The molecule has 0 spiro atoms. The van der Waals surface area contributed by atoms with E-state index in [2.05, 4.69) is 20.5 Å². The number of benzene rings is 1. The van der Waals surface area contributed by atoms with Gasteiger partial charge in [-0.25, -0.2) is 9.18 Å². The fourth-order valence-corrected chi connectivity index (χ4v) is 2.94. The molecule has 1 aliphatic heterocycles. The smallest absolute Gasteiger partial charge is 0.319 e. The van der Waals surface area contributed by atoms with E-state index in [-0.39, 0.29) is 11.7 Å². The molecule has 0 unspecified atom stereocenters. The minimum absolute atomic E-state index is 0.121. The van der Waals surface area contributed by atoms with Crippen molar-refractivity contribution in [1.82, 2.24) is 15.2 Å². The molecule has 24 heavy (non-hydrogen) atoms. The third kappa shape index (κ3) is 4.29. The average Bonchev–Trinajstić information content (AvgIpc) is 3.10. The van der Waals surface area contributed by atoms with E-state index >= 15 is 0 Å². The zero-order chi connectivity index (χ0) is 16.8. The summed E-state index contributed by atoms with van der Waals surface area (Å²) in [6.45, 7) is 2.84. The van der Waals surface area contributed by atoms with E-state index in [9.17, 15) is 9.18 Å². The number of hydrogen-bond donors (Lipinski definition) is 2. The Morgan fingerprint density at radius 1 is 1.21 bits per heavy atom. The number of urea groups is 1. The first kappa shape index (κ1) is 16.4. The molecule has 3 rings (SSSR count). The SMILES string of the molecule is O=C(Nc1ccncc1F)N[C@H](CN1CCCC1)c1ccccc1. The number of carbonyl (C=O) groups is 1. The first-order valence-corrected chi connectivity index (χ1v) is 8.17. The van der Waals surface area contributed by atoms with Crippen LogP contribution in [0.1, 0.15) is 24.4 Å². The molecule has 1 atom stereocenters. The number of anilines is 1. The molecule has 126 valence electrons. The molecule has 0 radical (unpaired) electrons. The maximum Gasteiger partial charge on any atom is 0.319 e. The highest BCUT2D eigenvalue weighted by molar-refractivity contribution is 5.89. The Morgan fingerprint density at radius 3 is 2.67 bits per heavy atom. The van der Waals surface area contributed by atoms with Gasteiger partial charge in [0.25, 0.3) is 0 Å². The zero-order valence-electron chi connectivity index (χ0n) is 13.4. The van der Waals surface area contributed by atoms with Gasteiger partial charge in [0, 0.05) is 12.7 Å². The predicted molar refractivity (Wildman–Crippen MR) is 91.2 cm³/mol. The highest BCUT2D eigenvalue weighted by Gasteiger charge is 2.21. The van der Waals surface area contributed by atoms with E-state index in [0.717, 1.165) is 31.4 Å². The van der Waals surface area contributed by atoms with Crippen LogP contribution >= 0.6 is 0 Å². The van der Waals surface area contributed by atoms with Crippen LogP contribution in [0, 0.1) is 5.82 Å². The van der Waals surface area contributed by atoms with E-state index < -0.39 is 11.8 Å². The second-order valence-electron chi connectivity index (χ2n) is 5.92. The van der Waals surface area contributed by atoms with Crippen LogP contribution in [0.5, 0.6) is 0 Å². The average molecular weight is 328 g/mol. The van der Waals surface area contributed by atoms with Crippen LogP contribution in [0.2, 0.25) is 0 Å². The van der Waals surface area contributed by atoms with Gasteiger partial charge in [-0.2, -0.15) is 0 Å². The van der Waals surface area contributed by atoms with Gasteiger partial charge in [0.15, 0.2) is 5.82 Å². The van der Waals surface area contributed by atoms with E-state index in [1.165, 1.54) is 25.1 Å². The quantitative estimate of drug-likeness (QED) is 0.886. The van der Waals surface area contributed by atoms with Gasteiger partial charge >= 0.3 is 6.03 Å². The largest absolute Gasteiger partial charge is 0.330 e. The highest BCUT2D eigenvalue weighted by atomic mass is 19.1. The van der Waals surface area contributed by atoms with Crippen molar-refractivity contribution < 1.29 is 9.18 Å². The second-order valence-corrected chi connectivity index (χ2v) is 5.92. The van der Waals surface area contributed by atoms with Gasteiger partial charge < -0.3 is 15.5 Å². The van der Waals surface area contributed by atoms with E-state index in [1.807, 2.05) is 30.3 Å². The van der Waals surface area contributed by atoms with Crippen LogP contribution in [-0.4, -0.2) is 35.5 Å². The van der Waals surface area contributed by atoms with Gasteiger partial charge in [0.05, 0.1) is 17.9 Å². The number of pyridine rings is 1. The Balaban J connectivity index is 1.68. The number of amides is 2. The minimum atomic E-state index is -0.552. The van der Waals surface area contributed by atoms with Crippen molar-refractivity contribution in [3.05, 3.63) is 60.2 Å². The lowest BCUT2D eigenvalue weighted by Crippen LogP contribution is -2.39. The van der Waals surface area contributed by atoms with Gasteiger partial charge in [-0.15, -0.1) is 0 Å². The van der Waals surface area contributed by atoms with Crippen LogP contribution < -0.4 is 10.6 Å². The third-order valence-electron chi connectivity index (χ3n) is 4.17. The zero-order valence-corrected chi connectivity index (χ0v) is 13.4. The fraction of sp³-hybridized carbons (Fsp3) is 0.333. The number of aromatic nitrogens is 1. The second kappa shape index (κ2) is 7.88. The van der Waals surface area contributed by atoms with Crippen LogP contribution in [0.3, 0.4) is 0 Å². The fourth-order valence-electron chi connectivity index (χ4n) is 2.94. The Kier molecular flexibility index (Phi) is 5.38. The molecule has 1 aromatic heterocycles. The van der Waals surface area contributed by atoms with Gasteiger partial charge in [-0.3, -0.25) is 4.98 Å². The van der Waals surface area contributed by atoms with Crippen molar-refractivity contribution in [1.29, 1.82) is 0 Å². The summed E-state index contributed by atoms with van der Waals surface area (Å²) in [5.41, 5.74) is 1.16.